The number of hydrogen-bond acceptors (Lipinski definition) is 5. The molecule has 2 atom stereocenters. The summed E-state index contributed by atoms with van der Waals surface area (Å²) in [7, 11) is -2.11. The Bertz CT molecular complexity index is 2580. The molecule has 9 rings (SSSR count). The highest BCUT2D eigenvalue weighted by Gasteiger charge is 2.27. The largest absolute Gasteiger partial charge is 0.348 e. The van der Waals surface area contributed by atoms with Crippen molar-refractivity contribution < 1.29 is 9.05 Å². The zero-order valence-electron chi connectivity index (χ0n) is 39.7. The molecule has 7 heteroatoms. The van der Waals surface area contributed by atoms with E-state index < -0.39 is 16.3 Å². The summed E-state index contributed by atoms with van der Waals surface area (Å²) in [5.41, 5.74) is 7.15. The maximum Gasteiger partial charge on any atom is 0.0918 e. The molecule has 0 aliphatic heterocycles. The van der Waals surface area contributed by atoms with Gasteiger partial charge in [0, 0.05) is 59.5 Å². The van der Waals surface area contributed by atoms with Crippen LogP contribution in [0.15, 0.2) is 261 Å². The highest BCUT2D eigenvalue weighted by molar-refractivity contribution is 7.68. The molecule has 0 saturated heterocycles. The van der Waals surface area contributed by atoms with E-state index in [9.17, 15) is 0 Å². The first-order chi connectivity index (χ1) is 34.7. The third-order valence-corrected chi connectivity index (χ3v) is 16.4. The van der Waals surface area contributed by atoms with Crippen molar-refractivity contribution in [2.45, 2.75) is 51.1 Å². The van der Waals surface area contributed by atoms with Crippen molar-refractivity contribution in [2.24, 2.45) is 0 Å². The highest BCUT2D eigenvalue weighted by Crippen LogP contribution is 2.37. The van der Waals surface area contributed by atoms with Crippen LogP contribution in [0.2, 0.25) is 0 Å². The third-order valence-electron chi connectivity index (χ3n) is 12.5. The first-order valence-electron chi connectivity index (χ1n) is 24.3. The van der Waals surface area contributed by atoms with Gasteiger partial charge >= 0.3 is 0 Å². The third kappa shape index (κ3) is 14.3. The second-order valence-electron chi connectivity index (χ2n) is 17.6. The van der Waals surface area contributed by atoms with E-state index in [1.807, 2.05) is 0 Å². The first kappa shape index (κ1) is 48.6. The van der Waals surface area contributed by atoms with E-state index in [1.165, 1.54) is 43.5 Å². The van der Waals surface area contributed by atoms with Gasteiger partial charge in [-0.2, -0.15) is 0 Å². The Morgan fingerprint density at radius 3 is 0.871 bits per heavy atom. The molecule has 0 spiro atoms. The number of rotatable bonds is 24. The molecule has 0 radical (unpaired) electrons. The van der Waals surface area contributed by atoms with Crippen molar-refractivity contribution in [2.75, 3.05) is 13.2 Å². The van der Waals surface area contributed by atoms with Gasteiger partial charge in [-0.25, -0.2) is 0 Å². The van der Waals surface area contributed by atoms with Crippen LogP contribution in [0.5, 0.6) is 0 Å². The average molecular weight is 954 g/mol. The number of hydrogen-bond donors (Lipinski definition) is 0. The van der Waals surface area contributed by atoms with E-state index >= 15 is 0 Å². The van der Waals surface area contributed by atoms with Crippen LogP contribution in [0.4, 0.5) is 0 Å². The van der Waals surface area contributed by atoms with E-state index in [0.717, 1.165) is 37.3 Å². The van der Waals surface area contributed by atoms with E-state index in [-0.39, 0.29) is 12.1 Å². The number of benzene rings is 8. The normalized spacial score (nSPS) is 12.4. The van der Waals surface area contributed by atoms with E-state index in [4.69, 9.17) is 14.0 Å². The summed E-state index contributed by atoms with van der Waals surface area (Å²) in [6.45, 7) is 3.93. The van der Waals surface area contributed by atoms with Gasteiger partial charge in [-0.1, -0.05) is 249 Å². The molecule has 8 aromatic carbocycles. The van der Waals surface area contributed by atoms with Gasteiger partial charge in [-0.15, -0.1) is 0 Å². The van der Waals surface area contributed by atoms with Crippen molar-refractivity contribution in [3.8, 4) is 0 Å². The molecule has 350 valence electrons. The SMILES string of the molecule is c1ccc(C[C@H](COP(c2ccccc2)c2ccccc2)N(Cc2ccccc2)Cc2cccc(CN(Cc3ccccc3)[C@@H](COP(c3ccccc3)c3ccccc3)Cc3ccccc3)n2)cc1. The molecular weight excluding hydrogens is 893 g/mol. The van der Waals surface area contributed by atoms with Crippen LogP contribution in [0, 0.1) is 0 Å². The van der Waals surface area contributed by atoms with Gasteiger partial charge in [-0.3, -0.25) is 14.8 Å². The molecule has 1 aromatic heterocycles. The van der Waals surface area contributed by atoms with Crippen LogP contribution >= 0.6 is 16.3 Å². The fourth-order valence-electron chi connectivity index (χ4n) is 8.92. The van der Waals surface area contributed by atoms with Crippen molar-refractivity contribution in [3.63, 3.8) is 0 Å². The molecule has 0 bridgehead atoms. The Labute approximate surface area is 418 Å². The minimum Gasteiger partial charge on any atom is -0.348 e. The fraction of sp³-hybridized carbons (Fsp3) is 0.159. The molecule has 0 unspecified atom stereocenters. The lowest BCUT2D eigenvalue weighted by molar-refractivity contribution is 0.122. The number of aromatic nitrogens is 1. The summed E-state index contributed by atoms with van der Waals surface area (Å²) in [4.78, 5) is 10.7. The first-order valence-corrected chi connectivity index (χ1v) is 26.9. The quantitative estimate of drug-likeness (QED) is 0.0564. The monoisotopic (exact) mass is 953 g/mol. The Kier molecular flexibility index (Phi) is 18.1. The molecule has 0 aliphatic carbocycles. The van der Waals surface area contributed by atoms with Crippen LogP contribution in [0.25, 0.3) is 0 Å². The summed E-state index contributed by atoms with van der Waals surface area (Å²) >= 11 is 0. The predicted molar refractivity (Wildman–Crippen MR) is 294 cm³/mol. The zero-order chi connectivity index (χ0) is 47.4. The molecule has 0 saturated carbocycles. The van der Waals surface area contributed by atoms with Gasteiger partial charge in [0.05, 0.1) is 40.9 Å². The van der Waals surface area contributed by atoms with Crippen molar-refractivity contribution in [1.82, 2.24) is 14.8 Å². The van der Waals surface area contributed by atoms with Crippen LogP contribution in [0.1, 0.15) is 33.6 Å². The summed E-state index contributed by atoms with van der Waals surface area (Å²) in [5, 5.41) is 4.83. The standard InChI is InChI=1S/C63H61N3O2P2/c1-9-26-52(27-10-1)44-58(50-67-69(60-36-17-5-18-37-60)61-38-19-6-20-39-61)65(46-54-30-13-3-14-31-54)48-56-34-25-35-57(64-56)49-66(47-55-32-15-4-16-33-55)59(45-53-28-11-2-12-29-53)51-68-70(62-40-21-7-22-41-62)63-42-23-8-24-43-63/h1-43,58-59H,44-51H2/t58-,59-/m1/s1. The lowest BCUT2D eigenvalue weighted by atomic mass is 10.0. The van der Waals surface area contributed by atoms with Gasteiger partial charge in [0.25, 0.3) is 0 Å². The molecular formula is C63H61N3O2P2. The average Bonchev–Trinajstić information content (AvgIpc) is 3.42. The lowest BCUT2D eigenvalue weighted by Crippen LogP contribution is -2.40. The Morgan fingerprint density at radius 1 is 0.300 bits per heavy atom. The molecule has 0 fully saturated rings. The number of nitrogens with zero attached hydrogens (tertiary/aromatic N) is 3. The van der Waals surface area contributed by atoms with Crippen LogP contribution in [-0.2, 0) is 48.1 Å². The molecule has 5 nitrogen and oxygen atoms in total. The second kappa shape index (κ2) is 26.0. The van der Waals surface area contributed by atoms with Crippen molar-refractivity contribution >= 4 is 37.5 Å². The van der Waals surface area contributed by atoms with Gasteiger partial charge in [0.2, 0.25) is 0 Å². The Balaban J connectivity index is 1.03. The number of pyridine rings is 1. The van der Waals surface area contributed by atoms with Gasteiger partial charge in [0.15, 0.2) is 0 Å². The molecule has 70 heavy (non-hydrogen) atoms. The fourth-order valence-corrected chi connectivity index (χ4v) is 12.5. The Hall–Kier alpha value is -6.39. The van der Waals surface area contributed by atoms with Crippen molar-refractivity contribution in [3.05, 3.63) is 294 Å². The minimum absolute atomic E-state index is 0.0524. The van der Waals surface area contributed by atoms with Gasteiger partial charge < -0.3 is 9.05 Å². The summed E-state index contributed by atoms with van der Waals surface area (Å²) in [6.07, 6.45) is 1.67. The van der Waals surface area contributed by atoms with Gasteiger partial charge in [0.1, 0.15) is 0 Å². The molecule has 0 aliphatic rings. The molecule has 9 aromatic rings. The smallest absolute Gasteiger partial charge is 0.0918 e. The highest BCUT2D eigenvalue weighted by atomic mass is 31.1. The van der Waals surface area contributed by atoms with E-state index in [0.29, 0.717) is 26.3 Å². The van der Waals surface area contributed by atoms with E-state index in [1.54, 1.807) is 0 Å². The zero-order valence-corrected chi connectivity index (χ0v) is 41.5. The maximum atomic E-state index is 7.19. The van der Waals surface area contributed by atoms with Crippen LogP contribution in [0.3, 0.4) is 0 Å². The summed E-state index contributed by atoms with van der Waals surface area (Å²) in [5.74, 6) is 0. The van der Waals surface area contributed by atoms with Gasteiger partial charge in [-0.05, 0) is 47.2 Å². The molecule has 1 heterocycles. The van der Waals surface area contributed by atoms with E-state index in [2.05, 4.69) is 271 Å². The molecule has 0 N–H and O–H groups in total. The minimum atomic E-state index is -1.05. The second-order valence-corrected chi connectivity index (χ2v) is 21.4. The van der Waals surface area contributed by atoms with Crippen LogP contribution in [-0.4, -0.2) is 40.1 Å². The predicted octanol–water partition coefficient (Wildman–Crippen LogP) is 12.4. The Morgan fingerprint density at radius 2 is 0.571 bits per heavy atom. The van der Waals surface area contributed by atoms with Crippen LogP contribution < -0.4 is 21.2 Å². The van der Waals surface area contributed by atoms with Crippen molar-refractivity contribution in [1.29, 1.82) is 0 Å². The summed E-state index contributed by atoms with van der Waals surface area (Å²) < 4.78 is 14.4. The summed E-state index contributed by atoms with van der Waals surface area (Å²) in [6, 6.07) is 92.9. The topological polar surface area (TPSA) is 37.8 Å². The molecule has 0 amide bonds. The lowest BCUT2D eigenvalue weighted by Gasteiger charge is -2.34. The maximum absolute atomic E-state index is 7.19.